The molecule has 0 unspecified atom stereocenters. The van der Waals surface area contributed by atoms with Crippen molar-refractivity contribution in [3.8, 4) is 0 Å². The van der Waals surface area contributed by atoms with Crippen LogP contribution in [-0.4, -0.2) is 23.9 Å². The second kappa shape index (κ2) is 7.13. The van der Waals surface area contributed by atoms with Crippen LogP contribution in [0.4, 0.5) is 32.0 Å². The fourth-order valence-electron chi connectivity index (χ4n) is 2.39. The van der Waals surface area contributed by atoms with Crippen LogP contribution in [0.15, 0.2) is 48.5 Å². The van der Waals surface area contributed by atoms with Crippen LogP contribution in [0.25, 0.3) is 0 Å². The number of hydrogen-bond donors (Lipinski definition) is 2. The largest absolute Gasteiger partial charge is 0.439 e. The Morgan fingerprint density at radius 3 is 1.81 bits per heavy atom. The van der Waals surface area contributed by atoms with E-state index in [1.165, 1.54) is 42.6 Å². The summed E-state index contributed by atoms with van der Waals surface area (Å²) in [7, 11) is 0. The first-order chi connectivity index (χ1) is 12.4. The van der Waals surface area contributed by atoms with Gasteiger partial charge < -0.3 is 10.6 Å². The predicted octanol–water partition coefficient (Wildman–Crippen LogP) is 4.97. The summed E-state index contributed by atoms with van der Waals surface area (Å²) in [5.74, 6) is -1.50. The molecule has 146 valence electrons. The molecule has 0 aromatic heterocycles. The number of hydrogen-bond acceptors (Lipinski definition) is 2. The highest BCUT2D eigenvalue weighted by atomic mass is 19.4. The number of alkyl halides is 6. The highest BCUT2D eigenvalue weighted by molar-refractivity contribution is 5.96. The molecule has 0 saturated carbocycles. The molecule has 0 spiro atoms. The Bertz CT molecular complexity index is 798. The molecule has 0 aliphatic rings. The Morgan fingerprint density at radius 2 is 1.33 bits per heavy atom. The first-order valence-corrected chi connectivity index (χ1v) is 7.74. The van der Waals surface area contributed by atoms with Crippen LogP contribution in [0, 0.1) is 13.8 Å². The fraction of sp³-hybridized carbons (Fsp3) is 0.278. The molecule has 0 bridgehead atoms. The topological polar surface area (TPSA) is 41.1 Å². The summed E-state index contributed by atoms with van der Waals surface area (Å²) in [6, 6.07) is 10.3. The number of carbonyl (C=O) groups is 1. The molecule has 2 rings (SSSR count). The number of carbonyl (C=O) groups excluding carboxylic acids is 1. The average molecular weight is 390 g/mol. The fourth-order valence-corrected chi connectivity index (χ4v) is 2.39. The standard InChI is InChI=1S/C18H16F6N2O/c1-11-7-9-13(10-8-11)25-16(17(19,20)21,18(22,23)24)26-15(27)14-6-4-3-5-12(14)2/h3-10,25H,1-2H3,(H,26,27). The number of amides is 1. The van der Waals surface area contributed by atoms with Gasteiger partial charge in [-0.3, -0.25) is 4.79 Å². The molecular weight excluding hydrogens is 374 g/mol. The zero-order valence-electron chi connectivity index (χ0n) is 14.3. The van der Waals surface area contributed by atoms with Gasteiger partial charge in [0.15, 0.2) is 0 Å². The van der Waals surface area contributed by atoms with Crippen molar-refractivity contribution in [2.75, 3.05) is 5.32 Å². The van der Waals surface area contributed by atoms with Crippen LogP contribution < -0.4 is 10.6 Å². The highest BCUT2D eigenvalue weighted by Crippen LogP contribution is 2.43. The summed E-state index contributed by atoms with van der Waals surface area (Å²) in [5, 5.41) is 2.57. The molecule has 27 heavy (non-hydrogen) atoms. The van der Waals surface area contributed by atoms with Gasteiger partial charge in [-0.15, -0.1) is 0 Å². The summed E-state index contributed by atoms with van der Waals surface area (Å²) in [6.45, 7) is 3.04. The van der Waals surface area contributed by atoms with Gasteiger partial charge in [0.2, 0.25) is 0 Å². The zero-order chi connectivity index (χ0) is 20.5. The SMILES string of the molecule is Cc1ccc(NC(NC(=O)c2ccccc2C)(C(F)(F)F)C(F)(F)F)cc1. The van der Waals surface area contributed by atoms with Crippen molar-refractivity contribution < 1.29 is 31.1 Å². The Balaban J connectivity index is 2.53. The van der Waals surface area contributed by atoms with E-state index < -0.39 is 29.6 Å². The van der Waals surface area contributed by atoms with Gasteiger partial charge in [-0.2, -0.15) is 26.3 Å². The molecule has 0 atom stereocenters. The third-order valence-electron chi connectivity index (χ3n) is 3.92. The zero-order valence-corrected chi connectivity index (χ0v) is 14.3. The van der Waals surface area contributed by atoms with Crippen molar-refractivity contribution in [1.82, 2.24) is 5.32 Å². The Labute approximate surface area is 151 Å². The smallest absolute Gasteiger partial charge is 0.348 e. The van der Waals surface area contributed by atoms with E-state index in [0.29, 0.717) is 5.56 Å². The monoisotopic (exact) mass is 390 g/mol. The van der Waals surface area contributed by atoms with Crippen molar-refractivity contribution >= 4 is 11.6 Å². The molecule has 3 nitrogen and oxygen atoms in total. The van der Waals surface area contributed by atoms with Crippen molar-refractivity contribution in [3.63, 3.8) is 0 Å². The minimum atomic E-state index is -5.87. The van der Waals surface area contributed by atoms with E-state index in [4.69, 9.17) is 0 Å². The first-order valence-electron chi connectivity index (χ1n) is 7.74. The van der Waals surface area contributed by atoms with E-state index in [1.807, 2.05) is 0 Å². The molecule has 0 aliphatic carbocycles. The number of rotatable bonds is 4. The van der Waals surface area contributed by atoms with E-state index in [9.17, 15) is 31.1 Å². The van der Waals surface area contributed by atoms with Gasteiger partial charge in [-0.05, 0) is 37.6 Å². The van der Waals surface area contributed by atoms with E-state index in [2.05, 4.69) is 0 Å². The van der Waals surface area contributed by atoms with Gasteiger partial charge in [-0.25, -0.2) is 0 Å². The van der Waals surface area contributed by atoms with Gasteiger partial charge in [0.05, 0.1) is 0 Å². The molecule has 0 fully saturated rings. The van der Waals surface area contributed by atoms with Gasteiger partial charge in [-0.1, -0.05) is 35.9 Å². The summed E-state index contributed by atoms with van der Waals surface area (Å²) >= 11 is 0. The second-order valence-corrected chi connectivity index (χ2v) is 6.01. The maximum atomic E-state index is 13.6. The third-order valence-corrected chi connectivity index (χ3v) is 3.92. The maximum Gasteiger partial charge on any atom is 0.439 e. The van der Waals surface area contributed by atoms with Crippen LogP contribution in [0.2, 0.25) is 0 Å². The number of benzene rings is 2. The maximum absolute atomic E-state index is 13.6. The summed E-state index contributed by atoms with van der Waals surface area (Å²) in [4.78, 5) is 12.3. The molecule has 2 aromatic rings. The lowest BCUT2D eigenvalue weighted by atomic mass is 10.0. The Kier molecular flexibility index (Phi) is 5.44. The average Bonchev–Trinajstić information content (AvgIpc) is 2.54. The first kappa shape index (κ1) is 20.6. The summed E-state index contributed by atoms with van der Waals surface area (Å²) in [6.07, 6.45) is -11.7. The molecule has 0 heterocycles. The summed E-state index contributed by atoms with van der Waals surface area (Å²) in [5.41, 5.74) is -4.51. The normalized spacial score (nSPS) is 12.6. The molecule has 9 heteroatoms. The molecule has 2 aromatic carbocycles. The molecular formula is C18H16F6N2O. The lowest BCUT2D eigenvalue weighted by Crippen LogP contribution is -2.72. The number of nitrogens with one attached hydrogen (secondary N) is 2. The van der Waals surface area contributed by atoms with Gasteiger partial charge in [0.1, 0.15) is 0 Å². The van der Waals surface area contributed by atoms with Crippen LogP contribution in [0.5, 0.6) is 0 Å². The van der Waals surface area contributed by atoms with Gasteiger partial charge in [0.25, 0.3) is 5.91 Å². The lowest BCUT2D eigenvalue weighted by Gasteiger charge is -2.39. The number of aryl methyl sites for hydroxylation is 2. The van der Waals surface area contributed by atoms with Crippen LogP contribution in [0.1, 0.15) is 21.5 Å². The van der Waals surface area contributed by atoms with E-state index in [0.717, 1.165) is 23.5 Å². The van der Waals surface area contributed by atoms with Crippen molar-refractivity contribution in [2.45, 2.75) is 31.9 Å². The van der Waals surface area contributed by atoms with Crippen molar-refractivity contribution in [3.05, 3.63) is 65.2 Å². The third kappa shape index (κ3) is 4.17. The lowest BCUT2D eigenvalue weighted by molar-refractivity contribution is -0.294. The minimum Gasteiger partial charge on any atom is -0.348 e. The predicted molar refractivity (Wildman–Crippen MR) is 88.3 cm³/mol. The van der Waals surface area contributed by atoms with E-state index in [-0.39, 0.29) is 11.1 Å². The molecule has 1 amide bonds. The summed E-state index contributed by atoms with van der Waals surface area (Å²) < 4.78 is 81.7. The van der Waals surface area contributed by atoms with Crippen LogP contribution in [0.3, 0.4) is 0 Å². The van der Waals surface area contributed by atoms with Crippen LogP contribution >= 0.6 is 0 Å². The minimum absolute atomic E-state index is 0.239. The van der Waals surface area contributed by atoms with Gasteiger partial charge in [0, 0.05) is 11.3 Å². The van der Waals surface area contributed by atoms with Crippen LogP contribution in [-0.2, 0) is 0 Å². The number of halogens is 6. The molecule has 0 radical (unpaired) electrons. The van der Waals surface area contributed by atoms with Crippen molar-refractivity contribution in [1.29, 1.82) is 0 Å². The quantitative estimate of drug-likeness (QED) is 0.572. The second-order valence-electron chi connectivity index (χ2n) is 6.01. The van der Waals surface area contributed by atoms with E-state index in [1.54, 1.807) is 6.92 Å². The molecule has 0 aliphatic heterocycles. The Hall–Kier alpha value is -2.71. The van der Waals surface area contributed by atoms with E-state index >= 15 is 0 Å². The van der Waals surface area contributed by atoms with Gasteiger partial charge >= 0.3 is 18.0 Å². The number of anilines is 1. The highest BCUT2D eigenvalue weighted by Gasteiger charge is 2.72. The molecule has 0 saturated heterocycles. The molecule has 2 N–H and O–H groups in total. The Morgan fingerprint density at radius 1 is 0.815 bits per heavy atom. The van der Waals surface area contributed by atoms with Crippen molar-refractivity contribution in [2.24, 2.45) is 0 Å².